The zero-order valence-corrected chi connectivity index (χ0v) is 21.0. The van der Waals surface area contributed by atoms with Crippen LogP contribution in [0.25, 0.3) is 0 Å². The van der Waals surface area contributed by atoms with Crippen molar-refractivity contribution in [1.29, 1.82) is 0 Å². The maximum absolute atomic E-state index is 13.3. The van der Waals surface area contributed by atoms with Crippen molar-refractivity contribution in [3.63, 3.8) is 0 Å². The molecule has 0 aromatic rings. The van der Waals surface area contributed by atoms with Crippen molar-refractivity contribution in [1.82, 2.24) is 0 Å². The number of carboxylic acids is 2. The Balaban J connectivity index is 5.57. The summed E-state index contributed by atoms with van der Waals surface area (Å²) in [6.07, 6.45) is 8.96. The van der Waals surface area contributed by atoms with Gasteiger partial charge in [0.05, 0.1) is 0 Å². The molecule has 0 saturated heterocycles. The van der Waals surface area contributed by atoms with Crippen molar-refractivity contribution in [3.05, 3.63) is 0 Å². The molecule has 0 rings (SSSR count). The molecule has 186 valence electrons. The molecule has 2 atom stereocenters. The number of nitrogens with two attached hydrogens (primary N) is 2. The Bertz CT molecular complexity index is 577. The molecule has 0 amide bonds. The number of carbonyl (C=O) groups excluding carboxylic acids is 2. The van der Waals surface area contributed by atoms with E-state index in [0.29, 0.717) is 12.8 Å². The molecule has 0 aliphatic heterocycles. The normalized spacial score (nSPS) is 13.5. The Morgan fingerprint density at radius 2 is 1.19 bits per heavy atom. The Labute approximate surface area is 199 Å². The fourth-order valence-electron chi connectivity index (χ4n) is 3.24. The molecule has 0 heterocycles. The number of Topliss-reactive ketones (excluding diaryl/α,β-unsaturated/α-hetero) is 2. The Kier molecular flexibility index (Phi) is 16.8. The van der Waals surface area contributed by atoms with Gasteiger partial charge in [0, 0.05) is 18.6 Å². The first-order valence-corrected chi connectivity index (χ1v) is 13.8. The fourth-order valence-corrected chi connectivity index (χ4v) is 6.45. The highest BCUT2D eigenvalue weighted by atomic mass is 33.1. The second-order valence-electron chi connectivity index (χ2n) is 8.04. The van der Waals surface area contributed by atoms with Crippen molar-refractivity contribution >= 4 is 45.1 Å². The largest absolute Gasteiger partial charge is 0.480 e. The van der Waals surface area contributed by atoms with Crippen LogP contribution in [0.4, 0.5) is 0 Å². The molecule has 6 N–H and O–H groups in total. The highest BCUT2D eigenvalue weighted by Crippen LogP contribution is 2.42. The number of ketones is 2. The van der Waals surface area contributed by atoms with Gasteiger partial charge in [-0.15, -0.1) is 0 Å². The molecule has 0 aliphatic carbocycles. The molecule has 0 aromatic carbocycles. The number of unbranched alkanes of at least 4 members (excludes halogenated alkanes) is 8. The van der Waals surface area contributed by atoms with Gasteiger partial charge >= 0.3 is 11.9 Å². The summed E-state index contributed by atoms with van der Waals surface area (Å²) >= 11 is 0. The molecule has 8 nitrogen and oxygen atoms in total. The third-order valence-corrected chi connectivity index (χ3v) is 8.44. The summed E-state index contributed by atoms with van der Waals surface area (Å²) in [6.45, 7) is 4.16. The Hall–Kier alpha value is -1.10. The standard InChI is InChI=1S/C22H40N2O6S2/c1-3-5-7-9-11-13-17(25)22(19(24)21(29)30,32-31-15-16(23)20(27)28)18(26)14-12-10-8-6-4-2/h16,19H,3-15,23-24H2,1-2H3,(H,27,28)(H,29,30)/t16-,19+/m0/s1. The van der Waals surface area contributed by atoms with Crippen LogP contribution >= 0.6 is 21.6 Å². The highest BCUT2D eigenvalue weighted by molar-refractivity contribution is 8.77. The minimum Gasteiger partial charge on any atom is -0.480 e. The van der Waals surface area contributed by atoms with Crippen LogP contribution in [-0.2, 0) is 19.2 Å². The van der Waals surface area contributed by atoms with Gasteiger partial charge in [0.2, 0.25) is 0 Å². The lowest BCUT2D eigenvalue weighted by molar-refractivity contribution is -0.144. The summed E-state index contributed by atoms with van der Waals surface area (Å²) in [5, 5.41) is 18.6. The molecule has 0 bridgehead atoms. The number of hydrogen-bond acceptors (Lipinski definition) is 8. The highest BCUT2D eigenvalue weighted by Gasteiger charge is 2.53. The lowest BCUT2D eigenvalue weighted by Gasteiger charge is -2.33. The molecular formula is C22H40N2O6S2. The van der Waals surface area contributed by atoms with E-state index in [0.717, 1.165) is 73.0 Å². The van der Waals surface area contributed by atoms with Gasteiger partial charge in [-0.2, -0.15) is 0 Å². The fraction of sp³-hybridized carbons (Fsp3) is 0.818. The Morgan fingerprint density at radius 3 is 1.56 bits per heavy atom. The third-order valence-electron chi connectivity index (χ3n) is 5.30. The zero-order chi connectivity index (χ0) is 24.6. The van der Waals surface area contributed by atoms with Crippen molar-refractivity contribution < 1.29 is 29.4 Å². The monoisotopic (exact) mass is 492 g/mol. The first-order chi connectivity index (χ1) is 15.1. The van der Waals surface area contributed by atoms with Gasteiger partial charge in [0.15, 0.2) is 16.3 Å². The first kappa shape index (κ1) is 30.9. The van der Waals surface area contributed by atoms with Crippen molar-refractivity contribution in [2.75, 3.05) is 5.75 Å². The van der Waals surface area contributed by atoms with Crippen LogP contribution in [-0.4, -0.2) is 56.3 Å². The molecule has 0 aliphatic rings. The summed E-state index contributed by atoms with van der Waals surface area (Å²) in [6, 6.07) is -2.91. The van der Waals surface area contributed by atoms with Gasteiger partial charge in [-0.25, -0.2) is 0 Å². The van der Waals surface area contributed by atoms with Gasteiger partial charge in [-0.1, -0.05) is 86.8 Å². The maximum atomic E-state index is 13.3. The lowest BCUT2D eigenvalue weighted by atomic mass is 9.85. The van der Waals surface area contributed by atoms with E-state index < -0.39 is 40.3 Å². The number of aliphatic carboxylic acids is 2. The molecule has 32 heavy (non-hydrogen) atoms. The van der Waals surface area contributed by atoms with Gasteiger partial charge < -0.3 is 21.7 Å². The zero-order valence-electron chi connectivity index (χ0n) is 19.3. The van der Waals surface area contributed by atoms with E-state index >= 15 is 0 Å². The number of hydrogen-bond donors (Lipinski definition) is 4. The molecule has 0 fully saturated rings. The molecule has 0 spiro atoms. The van der Waals surface area contributed by atoms with Gasteiger partial charge in [0.1, 0.15) is 12.1 Å². The second kappa shape index (κ2) is 17.4. The molecule has 0 saturated carbocycles. The lowest BCUT2D eigenvalue weighted by Crippen LogP contribution is -2.60. The van der Waals surface area contributed by atoms with Crippen LogP contribution in [0.3, 0.4) is 0 Å². The topological polar surface area (TPSA) is 161 Å². The van der Waals surface area contributed by atoms with Gasteiger partial charge in [-0.05, 0) is 12.8 Å². The van der Waals surface area contributed by atoms with Crippen molar-refractivity contribution in [3.8, 4) is 0 Å². The summed E-state index contributed by atoms with van der Waals surface area (Å²) in [7, 11) is 1.69. The average molecular weight is 493 g/mol. The minimum atomic E-state index is -1.95. The molecule has 0 unspecified atom stereocenters. The van der Waals surface area contributed by atoms with E-state index in [4.69, 9.17) is 16.6 Å². The number of carbonyl (C=O) groups is 4. The number of carboxylic acid groups (broad SMARTS) is 2. The summed E-state index contributed by atoms with van der Waals surface area (Å²) in [4.78, 5) is 49.4. The summed E-state index contributed by atoms with van der Waals surface area (Å²) in [5.74, 6) is -3.72. The first-order valence-electron chi connectivity index (χ1n) is 11.5. The van der Waals surface area contributed by atoms with Crippen LogP contribution in [0.1, 0.15) is 90.9 Å². The van der Waals surface area contributed by atoms with Crippen LogP contribution in [0.2, 0.25) is 0 Å². The quantitative estimate of drug-likeness (QED) is 0.105. The molecular weight excluding hydrogens is 452 g/mol. The maximum Gasteiger partial charge on any atom is 0.322 e. The van der Waals surface area contributed by atoms with Crippen molar-refractivity contribution in [2.24, 2.45) is 11.5 Å². The minimum absolute atomic E-state index is 0.0603. The Morgan fingerprint density at radius 1 is 0.750 bits per heavy atom. The van der Waals surface area contributed by atoms with Crippen molar-refractivity contribution in [2.45, 2.75) is 108 Å². The SMILES string of the molecule is CCCCCCCC(=O)C(SSC[C@H](N)C(=O)O)(C(=O)CCCCCCC)[C@H](N)C(=O)O. The van der Waals surface area contributed by atoms with Crippen LogP contribution in [0, 0.1) is 0 Å². The van der Waals surface area contributed by atoms with Gasteiger partial charge in [0.25, 0.3) is 0 Å². The third kappa shape index (κ3) is 10.7. The smallest absolute Gasteiger partial charge is 0.322 e. The van der Waals surface area contributed by atoms with E-state index in [1.807, 2.05) is 0 Å². The predicted octanol–water partition coefficient (Wildman–Crippen LogP) is 3.79. The van der Waals surface area contributed by atoms with E-state index in [9.17, 15) is 24.3 Å². The number of rotatable bonds is 21. The summed E-state index contributed by atoms with van der Waals surface area (Å²) < 4.78 is -1.95. The van der Waals surface area contributed by atoms with E-state index in [1.165, 1.54) is 0 Å². The molecule has 0 radical (unpaired) electrons. The van der Waals surface area contributed by atoms with Crippen LogP contribution in [0.15, 0.2) is 0 Å². The van der Waals surface area contributed by atoms with Crippen LogP contribution < -0.4 is 11.5 Å². The summed E-state index contributed by atoms with van der Waals surface area (Å²) in [5.41, 5.74) is 11.5. The second-order valence-corrected chi connectivity index (χ2v) is 10.6. The average Bonchev–Trinajstić information content (AvgIpc) is 2.75. The predicted molar refractivity (Wildman–Crippen MR) is 131 cm³/mol. The van der Waals surface area contributed by atoms with Gasteiger partial charge in [-0.3, -0.25) is 19.2 Å². The van der Waals surface area contributed by atoms with E-state index in [1.54, 1.807) is 0 Å². The van der Waals surface area contributed by atoms with E-state index in [2.05, 4.69) is 13.8 Å². The van der Waals surface area contributed by atoms with Crippen LogP contribution in [0.5, 0.6) is 0 Å². The molecule has 0 aromatic heterocycles. The van der Waals surface area contributed by atoms with E-state index in [-0.39, 0.29) is 18.6 Å². The molecule has 10 heteroatoms.